The summed E-state index contributed by atoms with van der Waals surface area (Å²) in [5, 5.41) is 0. The maximum Gasteiger partial charge on any atom is 0.227 e. The molecule has 5 rings (SSSR count). The molecule has 2 amide bonds. The summed E-state index contributed by atoms with van der Waals surface area (Å²) in [5.41, 5.74) is 2.19. The number of carbonyl (C=O) groups is 2. The van der Waals surface area contributed by atoms with Crippen molar-refractivity contribution in [1.82, 2.24) is 9.80 Å². The lowest BCUT2D eigenvalue weighted by atomic mass is 9.88. The SMILES string of the molecule is O=C(Cc1ccc(CC(=O)N(C2CCCCC2)C2CCCCC2)cc1)N(C1CCCCC1)C1CCCCC1. The van der Waals surface area contributed by atoms with Gasteiger partial charge in [-0.25, -0.2) is 0 Å². The first-order valence-corrected chi connectivity index (χ1v) is 16.4. The van der Waals surface area contributed by atoms with Gasteiger partial charge in [-0.3, -0.25) is 9.59 Å². The Balaban J connectivity index is 1.22. The van der Waals surface area contributed by atoms with Crippen LogP contribution in [0, 0.1) is 0 Å². The van der Waals surface area contributed by atoms with E-state index in [2.05, 4.69) is 34.1 Å². The molecule has 4 saturated carbocycles. The third kappa shape index (κ3) is 7.21. The normalized spacial score (nSPS) is 22.7. The highest BCUT2D eigenvalue weighted by molar-refractivity contribution is 5.80. The Kier molecular flexibility index (Phi) is 10.2. The Bertz CT molecular complexity index is 763. The largest absolute Gasteiger partial charge is 0.336 e. The molecule has 210 valence electrons. The van der Waals surface area contributed by atoms with Crippen molar-refractivity contribution in [2.24, 2.45) is 0 Å². The van der Waals surface area contributed by atoms with Crippen LogP contribution in [0.2, 0.25) is 0 Å². The Morgan fingerprint density at radius 2 is 0.684 bits per heavy atom. The summed E-state index contributed by atoms with van der Waals surface area (Å²) < 4.78 is 0. The van der Waals surface area contributed by atoms with Gasteiger partial charge in [-0.15, -0.1) is 0 Å². The molecule has 0 bridgehead atoms. The molecular weight excluding hydrogens is 468 g/mol. The van der Waals surface area contributed by atoms with Gasteiger partial charge in [-0.2, -0.15) is 0 Å². The second-order valence-corrected chi connectivity index (χ2v) is 12.9. The molecule has 0 unspecified atom stereocenters. The summed E-state index contributed by atoms with van der Waals surface area (Å²) in [4.78, 5) is 32.0. The predicted octanol–water partition coefficient (Wildman–Crippen LogP) is 7.76. The van der Waals surface area contributed by atoms with Crippen LogP contribution in [0.1, 0.15) is 140 Å². The van der Waals surface area contributed by atoms with Crippen molar-refractivity contribution in [2.45, 2.75) is 165 Å². The molecule has 0 atom stereocenters. The quantitative estimate of drug-likeness (QED) is 0.351. The molecule has 0 aliphatic heterocycles. The monoisotopic (exact) mass is 520 g/mol. The molecule has 0 saturated heterocycles. The Hall–Kier alpha value is -1.84. The minimum Gasteiger partial charge on any atom is -0.336 e. The molecule has 4 heteroatoms. The van der Waals surface area contributed by atoms with Crippen LogP contribution in [-0.2, 0) is 22.4 Å². The molecular formula is C34H52N2O2. The number of carbonyl (C=O) groups excluding carboxylic acids is 2. The van der Waals surface area contributed by atoms with E-state index in [4.69, 9.17) is 0 Å². The first kappa shape index (κ1) is 27.7. The van der Waals surface area contributed by atoms with Gasteiger partial charge in [-0.05, 0) is 62.5 Å². The van der Waals surface area contributed by atoms with Gasteiger partial charge in [0, 0.05) is 24.2 Å². The summed E-state index contributed by atoms with van der Waals surface area (Å²) in [7, 11) is 0. The van der Waals surface area contributed by atoms with Crippen LogP contribution in [0.5, 0.6) is 0 Å². The number of benzene rings is 1. The third-order valence-electron chi connectivity index (χ3n) is 10.2. The van der Waals surface area contributed by atoms with Gasteiger partial charge in [0.05, 0.1) is 12.8 Å². The Morgan fingerprint density at radius 3 is 0.921 bits per heavy atom. The summed E-state index contributed by atoms with van der Waals surface area (Å²) >= 11 is 0. The highest BCUT2D eigenvalue weighted by Crippen LogP contribution is 2.32. The lowest BCUT2D eigenvalue weighted by Gasteiger charge is -2.42. The summed E-state index contributed by atoms with van der Waals surface area (Å²) in [6.45, 7) is 0. The van der Waals surface area contributed by atoms with Crippen molar-refractivity contribution in [3.63, 3.8) is 0 Å². The van der Waals surface area contributed by atoms with E-state index < -0.39 is 0 Å². The summed E-state index contributed by atoms with van der Waals surface area (Å²) in [5.74, 6) is 0.654. The Labute approximate surface area is 231 Å². The van der Waals surface area contributed by atoms with E-state index in [9.17, 15) is 9.59 Å². The van der Waals surface area contributed by atoms with Gasteiger partial charge in [0.25, 0.3) is 0 Å². The second-order valence-electron chi connectivity index (χ2n) is 12.9. The fourth-order valence-corrected chi connectivity index (χ4v) is 8.15. The smallest absolute Gasteiger partial charge is 0.227 e. The zero-order valence-electron chi connectivity index (χ0n) is 23.9. The molecule has 4 fully saturated rings. The van der Waals surface area contributed by atoms with E-state index in [-0.39, 0.29) is 0 Å². The first-order chi connectivity index (χ1) is 18.7. The molecule has 0 aromatic heterocycles. The van der Waals surface area contributed by atoms with Crippen molar-refractivity contribution in [3.05, 3.63) is 35.4 Å². The van der Waals surface area contributed by atoms with Gasteiger partial charge in [0.2, 0.25) is 11.8 Å². The minimum absolute atomic E-state index is 0.327. The van der Waals surface area contributed by atoms with Crippen molar-refractivity contribution in [2.75, 3.05) is 0 Å². The average Bonchev–Trinajstić information content (AvgIpc) is 2.97. The van der Waals surface area contributed by atoms with Crippen molar-refractivity contribution in [1.29, 1.82) is 0 Å². The van der Waals surface area contributed by atoms with Gasteiger partial charge in [0.15, 0.2) is 0 Å². The van der Waals surface area contributed by atoms with Crippen LogP contribution < -0.4 is 0 Å². The number of rotatable bonds is 8. The van der Waals surface area contributed by atoms with Gasteiger partial charge >= 0.3 is 0 Å². The zero-order valence-corrected chi connectivity index (χ0v) is 23.9. The minimum atomic E-state index is 0.327. The second kappa shape index (κ2) is 14.0. The van der Waals surface area contributed by atoms with E-state index in [1.54, 1.807) is 0 Å². The zero-order chi connectivity index (χ0) is 26.2. The Morgan fingerprint density at radius 1 is 0.447 bits per heavy atom. The summed E-state index contributed by atoms with van der Waals surface area (Å²) in [6, 6.07) is 10.3. The topological polar surface area (TPSA) is 40.6 Å². The lowest BCUT2D eigenvalue weighted by molar-refractivity contribution is -0.138. The van der Waals surface area contributed by atoms with Gasteiger partial charge in [-0.1, -0.05) is 101 Å². The fourth-order valence-electron chi connectivity index (χ4n) is 8.15. The molecule has 0 N–H and O–H groups in total. The summed E-state index contributed by atoms with van der Waals surface area (Å²) in [6.07, 6.45) is 25.9. The predicted molar refractivity (Wildman–Crippen MR) is 155 cm³/mol. The molecule has 4 nitrogen and oxygen atoms in total. The van der Waals surface area contributed by atoms with Crippen molar-refractivity contribution in [3.8, 4) is 0 Å². The van der Waals surface area contributed by atoms with Gasteiger partial charge < -0.3 is 9.80 Å². The van der Waals surface area contributed by atoms with Crippen LogP contribution in [-0.4, -0.2) is 45.8 Å². The molecule has 0 radical (unpaired) electrons. The fraction of sp³-hybridized carbons (Fsp3) is 0.765. The number of nitrogens with zero attached hydrogens (tertiary/aromatic N) is 2. The number of amides is 2. The average molecular weight is 521 g/mol. The van der Waals surface area contributed by atoms with E-state index in [0.29, 0.717) is 48.8 Å². The molecule has 1 aromatic rings. The van der Waals surface area contributed by atoms with E-state index in [1.165, 1.54) is 128 Å². The van der Waals surface area contributed by atoms with E-state index >= 15 is 0 Å². The van der Waals surface area contributed by atoms with Gasteiger partial charge in [0.1, 0.15) is 0 Å². The molecule has 1 aromatic carbocycles. The molecule has 4 aliphatic carbocycles. The molecule has 0 heterocycles. The highest BCUT2D eigenvalue weighted by Gasteiger charge is 2.33. The number of hydrogen-bond donors (Lipinski definition) is 0. The van der Waals surface area contributed by atoms with Crippen LogP contribution >= 0.6 is 0 Å². The highest BCUT2D eigenvalue weighted by atomic mass is 16.2. The van der Waals surface area contributed by atoms with Crippen LogP contribution in [0.3, 0.4) is 0 Å². The van der Waals surface area contributed by atoms with Crippen molar-refractivity contribution >= 4 is 11.8 Å². The van der Waals surface area contributed by atoms with E-state index in [1.807, 2.05) is 0 Å². The maximum absolute atomic E-state index is 13.7. The first-order valence-electron chi connectivity index (χ1n) is 16.4. The van der Waals surface area contributed by atoms with Crippen molar-refractivity contribution < 1.29 is 9.59 Å². The maximum atomic E-state index is 13.7. The number of hydrogen-bond acceptors (Lipinski definition) is 2. The third-order valence-corrected chi connectivity index (χ3v) is 10.2. The van der Waals surface area contributed by atoms with Crippen LogP contribution in [0.25, 0.3) is 0 Å². The standard InChI is InChI=1S/C34H52N2O2/c37-33(35(29-13-5-1-6-14-29)30-15-7-2-8-16-30)25-27-21-23-28(24-22-27)26-34(38)36(31-17-9-3-10-18-31)32-19-11-4-12-20-32/h21-24,29-32H,1-20,25-26H2. The molecule has 4 aliphatic rings. The van der Waals surface area contributed by atoms with Crippen LogP contribution in [0.15, 0.2) is 24.3 Å². The van der Waals surface area contributed by atoms with E-state index in [0.717, 1.165) is 11.1 Å². The lowest BCUT2D eigenvalue weighted by Crippen LogP contribution is -2.49. The van der Waals surface area contributed by atoms with Crippen LogP contribution in [0.4, 0.5) is 0 Å². The molecule has 0 spiro atoms. The molecule has 38 heavy (non-hydrogen) atoms.